The molecule has 1 aliphatic heterocycles. The Hall–Kier alpha value is -3.13. The fraction of sp³-hybridized carbons (Fsp3) is 0.360. The van der Waals surface area contributed by atoms with Gasteiger partial charge < -0.3 is 24.3 Å². The summed E-state index contributed by atoms with van der Waals surface area (Å²) in [4.78, 5) is 18.1. The summed E-state index contributed by atoms with van der Waals surface area (Å²) in [6.45, 7) is 4.16. The third-order valence-electron chi connectivity index (χ3n) is 5.02. The van der Waals surface area contributed by atoms with E-state index in [-0.39, 0.29) is 6.61 Å². The molecule has 0 bridgehead atoms. The molecule has 1 unspecified atom stereocenters. The van der Waals surface area contributed by atoms with Crippen LogP contribution in [0.25, 0.3) is 5.70 Å². The van der Waals surface area contributed by atoms with E-state index < -0.39 is 12.0 Å². The number of benzene rings is 2. The largest absolute Gasteiger partial charge is 0.493 e. The number of esters is 1. The molecule has 0 aliphatic carbocycles. The lowest BCUT2D eigenvalue weighted by atomic mass is 9.93. The number of nitrogens with one attached hydrogen (secondary N) is 1. The molecule has 3 rings (SSSR count). The number of hydrogen-bond acceptors (Lipinski definition) is 8. The number of thioether (sulfide) groups is 1. The summed E-state index contributed by atoms with van der Waals surface area (Å²) in [6.07, 6.45) is 0.995. The van der Waals surface area contributed by atoms with Crippen LogP contribution < -0.4 is 19.5 Å². The molecule has 1 aliphatic rings. The summed E-state index contributed by atoms with van der Waals surface area (Å²) < 4.78 is 22.0. The number of nitrogens with zero attached hydrogens (tertiary/aromatic N) is 1. The first-order valence-electron chi connectivity index (χ1n) is 10.8. The average Bonchev–Trinajstić information content (AvgIpc) is 2.86. The number of hydrogen-bond donors (Lipinski definition) is 1. The van der Waals surface area contributed by atoms with Crippen molar-refractivity contribution >= 4 is 28.6 Å². The fourth-order valence-electron chi connectivity index (χ4n) is 3.55. The van der Waals surface area contributed by atoms with Crippen LogP contribution in [-0.4, -0.2) is 44.8 Å². The predicted molar refractivity (Wildman–Crippen MR) is 132 cm³/mol. The third kappa shape index (κ3) is 5.45. The van der Waals surface area contributed by atoms with Crippen LogP contribution in [0.5, 0.6) is 17.2 Å². The lowest BCUT2D eigenvalue weighted by Gasteiger charge is -2.28. The summed E-state index contributed by atoms with van der Waals surface area (Å²) in [5, 5.41) is 4.12. The maximum absolute atomic E-state index is 13.2. The van der Waals surface area contributed by atoms with E-state index in [0.717, 1.165) is 28.5 Å². The first kappa shape index (κ1) is 24.5. The molecule has 0 radical (unpaired) electrons. The second-order valence-corrected chi connectivity index (χ2v) is 8.23. The molecule has 0 amide bonds. The number of amidine groups is 1. The van der Waals surface area contributed by atoms with E-state index in [9.17, 15) is 4.79 Å². The molecule has 2 aromatic carbocycles. The highest BCUT2D eigenvalue weighted by molar-refractivity contribution is 8.13. The maximum atomic E-state index is 13.2. The van der Waals surface area contributed by atoms with Gasteiger partial charge in [-0.25, -0.2) is 9.79 Å². The predicted octanol–water partition coefficient (Wildman–Crippen LogP) is 4.83. The Labute approximate surface area is 199 Å². The maximum Gasteiger partial charge on any atom is 0.338 e. The minimum atomic E-state index is -0.617. The normalized spacial score (nSPS) is 15.4. The van der Waals surface area contributed by atoms with Crippen LogP contribution >= 0.6 is 11.8 Å². The van der Waals surface area contributed by atoms with Crippen LogP contribution in [0.2, 0.25) is 0 Å². The van der Waals surface area contributed by atoms with E-state index in [4.69, 9.17) is 23.9 Å². The Balaban J connectivity index is 2.25. The quantitative estimate of drug-likeness (QED) is 0.526. The zero-order valence-electron chi connectivity index (χ0n) is 19.6. The first-order chi connectivity index (χ1) is 16.1. The van der Waals surface area contributed by atoms with Crippen LogP contribution in [-0.2, 0) is 9.53 Å². The van der Waals surface area contributed by atoms with Gasteiger partial charge >= 0.3 is 5.97 Å². The van der Waals surface area contributed by atoms with Gasteiger partial charge in [0.25, 0.3) is 0 Å². The van der Waals surface area contributed by atoms with Crippen molar-refractivity contribution in [2.24, 2.45) is 4.99 Å². The smallest absolute Gasteiger partial charge is 0.338 e. The summed E-state index contributed by atoms with van der Waals surface area (Å²) >= 11 is 1.61. The van der Waals surface area contributed by atoms with E-state index >= 15 is 0 Å². The van der Waals surface area contributed by atoms with Gasteiger partial charge in [0.15, 0.2) is 16.7 Å². The van der Waals surface area contributed by atoms with Crippen LogP contribution in [0.4, 0.5) is 0 Å². The minimum Gasteiger partial charge on any atom is -0.493 e. The van der Waals surface area contributed by atoms with E-state index in [0.29, 0.717) is 28.5 Å². The molecule has 1 atom stereocenters. The van der Waals surface area contributed by atoms with Gasteiger partial charge in [-0.15, -0.1) is 0 Å². The lowest BCUT2D eigenvalue weighted by Crippen LogP contribution is -2.31. The van der Waals surface area contributed by atoms with Gasteiger partial charge in [0.05, 0.1) is 39.2 Å². The van der Waals surface area contributed by atoms with E-state index in [1.54, 1.807) is 40.0 Å². The monoisotopic (exact) mass is 470 g/mol. The Morgan fingerprint density at radius 2 is 1.70 bits per heavy atom. The second-order valence-electron chi connectivity index (χ2n) is 7.14. The first-order valence-corrected chi connectivity index (χ1v) is 11.8. The minimum absolute atomic E-state index is 0.257. The highest BCUT2D eigenvalue weighted by Gasteiger charge is 2.34. The highest BCUT2D eigenvalue weighted by Crippen LogP contribution is 2.44. The molecule has 2 aromatic rings. The number of carbonyl (C=O) groups excluding carboxylic acids is 1. The zero-order valence-corrected chi connectivity index (χ0v) is 20.5. The van der Waals surface area contributed by atoms with Gasteiger partial charge in [-0.3, -0.25) is 0 Å². The number of ether oxygens (including phenoxy) is 4. The number of methoxy groups -OCH3 is 3. The summed E-state index contributed by atoms with van der Waals surface area (Å²) in [5.74, 6) is 1.93. The summed E-state index contributed by atoms with van der Waals surface area (Å²) in [6, 6.07) is 12.8. The Bertz CT molecular complexity index is 1010. The van der Waals surface area contributed by atoms with Crippen molar-refractivity contribution in [3.05, 3.63) is 59.2 Å². The Morgan fingerprint density at radius 3 is 2.24 bits per heavy atom. The fourth-order valence-corrected chi connectivity index (χ4v) is 4.30. The van der Waals surface area contributed by atoms with Gasteiger partial charge in [-0.1, -0.05) is 49.0 Å². The van der Waals surface area contributed by atoms with E-state index in [2.05, 4.69) is 12.2 Å². The molecular formula is C25H30N2O5S. The molecule has 0 saturated heterocycles. The van der Waals surface area contributed by atoms with Crippen LogP contribution in [0.15, 0.2) is 53.0 Å². The Kier molecular flexibility index (Phi) is 8.65. The van der Waals surface area contributed by atoms with E-state index in [1.165, 1.54) is 0 Å². The highest BCUT2D eigenvalue weighted by atomic mass is 32.2. The van der Waals surface area contributed by atoms with Crippen molar-refractivity contribution in [2.45, 2.75) is 26.3 Å². The molecule has 176 valence electrons. The SMILES string of the molecule is CCCSC1=NC(c2cc(OC)c(OC)c(OC)c2)C(C(=O)OCC)=C(c2ccccc2)N1. The molecule has 0 spiro atoms. The standard InChI is InChI=1S/C25H30N2O5S/c1-6-13-33-25-26-21(16-11-9-8-10-12-16)20(24(28)32-7-2)22(27-25)17-14-18(29-3)23(31-5)19(15-17)30-4/h8-12,14-15,22H,6-7,13H2,1-5H3,(H,26,27). The van der Waals surface area contributed by atoms with Crippen molar-refractivity contribution in [2.75, 3.05) is 33.7 Å². The third-order valence-corrected chi connectivity index (χ3v) is 6.12. The van der Waals surface area contributed by atoms with Crippen molar-refractivity contribution in [3.8, 4) is 17.2 Å². The molecule has 0 fully saturated rings. The number of rotatable bonds is 9. The number of aliphatic imine (C=N–C) groups is 1. The molecule has 0 saturated carbocycles. The second kappa shape index (κ2) is 11.7. The molecule has 7 nitrogen and oxygen atoms in total. The number of carbonyl (C=O) groups is 1. The molecule has 0 aromatic heterocycles. The zero-order chi connectivity index (χ0) is 23.8. The average molecular weight is 471 g/mol. The molecular weight excluding hydrogens is 440 g/mol. The van der Waals surface area contributed by atoms with Crippen LogP contribution in [0.1, 0.15) is 37.4 Å². The van der Waals surface area contributed by atoms with Crippen molar-refractivity contribution in [3.63, 3.8) is 0 Å². The molecule has 1 N–H and O–H groups in total. The lowest BCUT2D eigenvalue weighted by molar-refractivity contribution is -0.138. The molecule has 33 heavy (non-hydrogen) atoms. The summed E-state index contributed by atoms with van der Waals surface area (Å²) in [7, 11) is 4.68. The van der Waals surface area contributed by atoms with Crippen LogP contribution in [0.3, 0.4) is 0 Å². The topological polar surface area (TPSA) is 78.4 Å². The molecule has 8 heteroatoms. The van der Waals surface area contributed by atoms with Crippen molar-refractivity contribution in [1.82, 2.24) is 5.32 Å². The molecule has 1 heterocycles. The summed E-state index contributed by atoms with van der Waals surface area (Å²) in [5.41, 5.74) is 2.72. The van der Waals surface area contributed by atoms with Crippen molar-refractivity contribution in [1.29, 1.82) is 0 Å². The van der Waals surface area contributed by atoms with Crippen molar-refractivity contribution < 1.29 is 23.7 Å². The van der Waals surface area contributed by atoms with Gasteiger partial charge in [0.2, 0.25) is 5.75 Å². The van der Waals surface area contributed by atoms with E-state index in [1.807, 2.05) is 42.5 Å². The van der Waals surface area contributed by atoms with Gasteiger partial charge in [0, 0.05) is 5.75 Å². The Morgan fingerprint density at radius 1 is 1.03 bits per heavy atom. The van der Waals surface area contributed by atoms with Gasteiger partial charge in [-0.05, 0) is 36.6 Å². The van der Waals surface area contributed by atoms with Gasteiger partial charge in [0.1, 0.15) is 6.04 Å². The van der Waals surface area contributed by atoms with Gasteiger partial charge in [-0.2, -0.15) is 0 Å². The van der Waals surface area contributed by atoms with Crippen LogP contribution in [0, 0.1) is 0 Å².